The van der Waals surface area contributed by atoms with E-state index in [9.17, 15) is 10.2 Å². The Balaban J connectivity index is 1.77. The van der Waals surface area contributed by atoms with Gasteiger partial charge in [0, 0.05) is 5.56 Å². The molecule has 0 amide bonds. The van der Waals surface area contributed by atoms with Crippen LogP contribution in [-0.4, -0.2) is 42.5 Å². The second-order valence-corrected chi connectivity index (χ2v) is 6.61. The minimum atomic E-state index is -0.0906. The Bertz CT molecular complexity index is 1030. The van der Waals surface area contributed by atoms with Gasteiger partial charge in [-0.3, -0.25) is 5.43 Å². The Labute approximate surface area is 180 Å². The highest BCUT2D eigenvalue weighted by Crippen LogP contribution is 2.36. The molecule has 0 radical (unpaired) electrons. The Morgan fingerprint density at radius 2 is 1.26 bits per heavy atom. The van der Waals surface area contributed by atoms with Crippen LogP contribution in [0.4, 0.5) is 11.4 Å². The third kappa shape index (κ3) is 4.55. The van der Waals surface area contributed by atoms with Gasteiger partial charge in [0.15, 0.2) is 5.84 Å². The molecule has 4 rings (SSSR count). The monoisotopic (exact) mass is 420 g/mol. The van der Waals surface area contributed by atoms with Crippen LogP contribution in [0.25, 0.3) is 0 Å². The first-order chi connectivity index (χ1) is 15.3. The molecule has 160 valence electrons. The first-order valence-corrected chi connectivity index (χ1v) is 9.98. The number of nitrogens with zero attached hydrogens (tertiary/aromatic N) is 3. The maximum Gasteiger partial charge on any atom is 0.176 e. The van der Waals surface area contributed by atoms with E-state index in [0.717, 1.165) is 5.56 Å². The normalized spacial score (nSPS) is 13.0. The van der Waals surface area contributed by atoms with Crippen molar-refractivity contribution in [1.29, 1.82) is 0 Å². The standard InChI is InChI=1S/C23H24N4O4/c28-14-16-30-21-12-6-4-10-19(21)26-24-23(18-8-2-1-3-9-18)25-27(26)20-11-5-7-13-22(20)31-17-15-29/h1-13,28-29H,14-17H2,(H,24,25). The predicted molar refractivity (Wildman–Crippen MR) is 119 cm³/mol. The van der Waals surface area contributed by atoms with E-state index >= 15 is 0 Å². The highest BCUT2D eigenvalue weighted by Gasteiger charge is 2.30. The van der Waals surface area contributed by atoms with Crippen molar-refractivity contribution >= 4 is 17.2 Å². The summed E-state index contributed by atoms with van der Waals surface area (Å²) in [6.07, 6.45) is 0. The lowest BCUT2D eigenvalue weighted by atomic mass is 10.2. The van der Waals surface area contributed by atoms with Crippen molar-refractivity contribution in [2.75, 3.05) is 36.7 Å². The topological polar surface area (TPSA) is 89.8 Å². The lowest BCUT2D eigenvalue weighted by Crippen LogP contribution is -2.45. The number of anilines is 2. The summed E-state index contributed by atoms with van der Waals surface area (Å²) in [6, 6.07) is 24.7. The largest absolute Gasteiger partial charge is 0.489 e. The molecule has 8 nitrogen and oxygen atoms in total. The lowest BCUT2D eigenvalue weighted by Gasteiger charge is -2.30. The number of rotatable bonds is 9. The number of hydrogen-bond donors (Lipinski definition) is 3. The van der Waals surface area contributed by atoms with E-state index in [-0.39, 0.29) is 26.4 Å². The number of nitrogens with one attached hydrogen (secondary N) is 1. The van der Waals surface area contributed by atoms with Gasteiger partial charge in [-0.25, -0.2) is 0 Å². The number of hydrazone groups is 1. The molecule has 3 aromatic carbocycles. The molecule has 3 N–H and O–H groups in total. The zero-order valence-electron chi connectivity index (χ0n) is 16.9. The summed E-state index contributed by atoms with van der Waals surface area (Å²) in [5.41, 5.74) is 5.65. The van der Waals surface area contributed by atoms with Gasteiger partial charge in [-0.05, 0) is 24.3 Å². The van der Waals surface area contributed by atoms with Crippen molar-refractivity contribution in [3.63, 3.8) is 0 Å². The molecule has 0 aromatic heterocycles. The van der Waals surface area contributed by atoms with E-state index in [2.05, 4.69) is 5.43 Å². The SMILES string of the molecule is OCCOc1ccccc1N1N=C(c2ccccc2)NN1c1ccccc1OCCO. The number of ether oxygens (including phenoxy) is 2. The van der Waals surface area contributed by atoms with Gasteiger partial charge in [0.1, 0.15) is 36.1 Å². The molecule has 0 spiro atoms. The van der Waals surface area contributed by atoms with Gasteiger partial charge in [-0.2, -0.15) is 5.12 Å². The van der Waals surface area contributed by atoms with Crippen LogP contribution < -0.4 is 25.1 Å². The number of benzene rings is 3. The summed E-state index contributed by atoms with van der Waals surface area (Å²) >= 11 is 0. The van der Waals surface area contributed by atoms with Crippen LogP contribution >= 0.6 is 0 Å². The second kappa shape index (κ2) is 9.84. The van der Waals surface area contributed by atoms with Crippen LogP contribution in [-0.2, 0) is 0 Å². The average molecular weight is 420 g/mol. The van der Waals surface area contributed by atoms with Crippen molar-refractivity contribution in [3.8, 4) is 11.5 Å². The minimum absolute atomic E-state index is 0.0882. The summed E-state index contributed by atoms with van der Waals surface area (Å²) in [7, 11) is 0. The molecule has 0 aliphatic carbocycles. The number of para-hydroxylation sites is 4. The van der Waals surface area contributed by atoms with Crippen LogP contribution in [0.5, 0.6) is 11.5 Å². The minimum Gasteiger partial charge on any atom is -0.489 e. The van der Waals surface area contributed by atoms with Crippen LogP contribution in [0.3, 0.4) is 0 Å². The lowest BCUT2D eigenvalue weighted by molar-refractivity contribution is 0.201. The van der Waals surface area contributed by atoms with E-state index in [0.29, 0.717) is 28.7 Å². The molecule has 1 aliphatic heterocycles. The van der Waals surface area contributed by atoms with Gasteiger partial charge in [0.05, 0.1) is 13.2 Å². The van der Waals surface area contributed by atoms with Crippen LogP contribution in [0.1, 0.15) is 5.56 Å². The molecule has 0 atom stereocenters. The molecule has 1 aliphatic rings. The van der Waals surface area contributed by atoms with E-state index in [1.165, 1.54) is 0 Å². The maximum atomic E-state index is 9.20. The second-order valence-electron chi connectivity index (χ2n) is 6.61. The van der Waals surface area contributed by atoms with Gasteiger partial charge < -0.3 is 19.7 Å². The van der Waals surface area contributed by atoms with Crippen molar-refractivity contribution in [1.82, 2.24) is 5.43 Å². The third-order valence-electron chi connectivity index (χ3n) is 4.52. The van der Waals surface area contributed by atoms with Gasteiger partial charge in [-0.1, -0.05) is 54.6 Å². The average Bonchev–Trinajstić information content (AvgIpc) is 3.27. The predicted octanol–water partition coefficient (Wildman–Crippen LogP) is 2.54. The number of hydrazine groups is 2. The highest BCUT2D eigenvalue weighted by molar-refractivity contribution is 6.02. The summed E-state index contributed by atoms with van der Waals surface area (Å²) in [5.74, 6) is 1.82. The third-order valence-corrected chi connectivity index (χ3v) is 4.52. The summed E-state index contributed by atoms with van der Waals surface area (Å²) in [5, 5.41) is 26.6. The first-order valence-electron chi connectivity index (χ1n) is 9.98. The molecular formula is C23H24N4O4. The van der Waals surface area contributed by atoms with E-state index in [1.54, 1.807) is 10.2 Å². The van der Waals surface area contributed by atoms with Gasteiger partial charge >= 0.3 is 0 Å². The maximum absolute atomic E-state index is 9.20. The number of hydrogen-bond acceptors (Lipinski definition) is 8. The van der Waals surface area contributed by atoms with Crippen LogP contribution in [0.2, 0.25) is 0 Å². The van der Waals surface area contributed by atoms with Crippen LogP contribution in [0.15, 0.2) is 84.0 Å². The Hall–Kier alpha value is -3.75. The van der Waals surface area contributed by atoms with Gasteiger partial charge in [-0.15, -0.1) is 10.2 Å². The summed E-state index contributed by atoms with van der Waals surface area (Å²) in [4.78, 5) is 0. The molecular weight excluding hydrogens is 396 g/mol. The fraction of sp³-hybridized carbons (Fsp3) is 0.174. The zero-order chi connectivity index (χ0) is 21.5. The van der Waals surface area contributed by atoms with Crippen molar-refractivity contribution < 1.29 is 19.7 Å². The molecule has 0 saturated heterocycles. The molecule has 31 heavy (non-hydrogen) atoms. The summed E-state index contributed by atoms with van der Waals surface area (Å²) in [6.45, 7) is 0.166. The van der Waals surface area contributed by atoms with Crippen molar-refractivity contribution in [2.24, 2.45) is 5.10 Å². The van der Waals surface area contributed by atoms with E-state index in [1.807, 2.05) is 78.9 Å². The molecule has 0 saturated carbocycles. The first kappa shape index (κ1) is 20.5. The van der Waals surface area contributed by atoms with Gasteiger partial charge in [0.25, 0.3) is 0 Å². The fourth-order valence-corrected chi connectivity index (χ4v) is 3.16. The fourth-order valence-electron chi connectivity index (χ4n) is 3.16. The van der Waals surface area contributed by atoms with Crippen molar-refractivity contribution in [3.05, 3.63) is 84.4 Å². The van der Waals surface area contributed by atoms with E-state index in [4.69, 9.17) is 14.6 Å². The molecule has 3 aromatic rings. The number of aliphatic hydroxyl groups is 2. The molecule has 0 bridgehead atoms. The Morgan fingerprint density at radius 1 is 0.710 bits per heavy atom. The highest BCUT2D eigenvalue weighted by atomic mass is 16.5. The molecule has 1 heterocycles. The quantitative estimate of drug-likeness (QED) is 0.490. The zero-order valence-corrected chi connectivity index (χ0v) is 16.9. The molecule has 0 unspecified atom stereocenters. The number of aliphatic hydroxyl groups excluding tert-OH is 2. The molecule has 8 heteroatoms. The van der Waals surface area contributed by atoms with E-state index < -0.39 is 0 Å². The smallest absolute Gasteiger partial charge is 0.176 e. The summed E-state index contributed by atoms with van der Waals surface area (Å²) < 4.78 is 11.5. The van der Waals surface area contributed by atoms with Crippen LogP contribution in [0, 0.1) is 0 Å². The Morgan fingerprint density at radius 3 is 1.90 bits per heavy atom. The van der Waals surface area contributed by atoms with Gasteiger partial charge in [0.2, 0.25) is 0 Å². The molecule has 0 fully saturated rings. The number of amidine groups is 1. The van der Waals surface area contributed by atoms with Crippen molar-refractivity contribution in [2.45, 2.75) is 0 Å². The Kier molecular flexibility index (Phi) is 6.51.